The number of nitrogens with zero attached hydrogens (tertiary/aromatic N) is 1. The van der Waals surface area contributed by atoms with Gasteiger partial charge < -0.3 is 14.4 Å². The lowest BCUT2D eigenvalue weighted by Crippen LogP contribution is -2.29. The molecule has 0 radical (unpaired) electrons. The quantitative estimate of drug-likeness (QED) is 0.871. The third-order valence-corrected chi connectivity index (χ3v) is 2.89. The van der Waals surface area contributed by atoms with Crippen LogP contribution in [0.25, 0.3) is 0 Å². The number of likely N-dealkylation sites (tertiary alicyclic amines) is 1. The van der Waals surface area contributed by atoms with E-state index in [1.54, 1.807) is 11.0 Å². The predicted octanol–water partition coefficient (Wildman–Crippen LogP) is 1.88. The van der Waals surface area contributed by atoms with Gasteiger partial charge in [-0.2, -0.15) is 0 Å². The van der Waals surface area contributed by atoms with Gasteiger partial charge in [0, 0.05) is 13.0 Å². The number of carbonyl (C=O) groups is 2. The molecule has 2 heterocycles. The Hall–Kier alpha value is -1.78. The van der Waals surface area contributed by atoms with Gasteiger partial charge in [0.25, 0.3) is 0 Å². The van der Waals surface area contributed by atoms with Crippen LogP contribution in [-0.2, 0) is 11.3 Å². The second-order valence-corrected chi connectivity index (χ2v) is 4.20. The van der Waals surface area contributed by atoms with Crippen molar-refractivity contribution >= 4 is 11.9 Å². The van der Waals surface area contributed by atoms with Crippen LogP contribution in [-0.4, -0.2) is 28.4 Å². The summed E-state index contributed by atoms with van der Waals surface area (Å²) in [6.07, 6.45) is 3.58. The summed E-state index contributed by atoms with van der Waals surface area (Å²) in [6, 6.07) is 3.03. The predicted molar refractivity (Wildman–Crippen MR) is 59.6 cm³/mol. The highest BCUT2D eigenvalue weighted by atomic mass is 16.4. The molecule has 5 heteroatoms. The third kappa shape index (κ3) is 2.87. The van der Waals surface area contributed by atoms with Crippen molar-refractivity contribution in [1.29, 1.82) is 0 Å². The maximum absolute atomic E-state index is 11.7. The van der Waals surface area contributed by atoms with Crippen molar-refractivity contribution in [3.63, 3.8) is 0 Å². The summed E-state index contributed by atoms with van der Waals surface area (Å²) in [4.78, 5) is 24.1. The van der Waals surface area contributed by atoms with Crippen molar-refractivity contribution in [2.24, 2.45) is 0 Å². The van der Waals surface area contributed by atoms with Crippen molar-refractivity contribution in [3.8, 4) is 0 Å². The molecule has 5 nitrogen and oxygen atoms in total. The average Bonchev–Trinajstić information content (AvgIpc) is 2.66. The molecule has 1 N–H and O–H groups in total. The van der Waals surface area contributed by atoms with Crippen molar-refractivity contribution < 1.29 is 19.1 Å². The number of carboxylic acid groups (broad SMARTS) is 1. The van der Waals surface area contributed by atoms with Crippen LogP contribution in [0.4, 0.5) is 0 Å². The van der Waals surface area contributed by atoms with Gasteiger partial charge >= 0.3 is 5.97 Å². The first-order valence-corrected chi connectivity index (χ1v) is 5.76. The normalized spacial score (nSPS) is 16.9. The van der Waals surface area contributed by atoms with E-state index in [0.29, 0.717) is 18.7 Å². The Morgan fingerprint density at radius 1 is 1.35 bits per heavy atom. The van der Waals surface area contributed by atoms with Gasteiger partial charge in [0.15, 0.2) is 0 Å². The number of rotatable bonds is 3. The van der Waals surface area contributed by atoms with Gasteiger partial charge in [-0.15, -0.1) is 0 Å². The Bertz CT molecular complexity index is 424. The lowest BCUT2D eigenvalue weighted by atomic mass is 10.2. The monoisotopic (exact) mass is 237 g/mol. The SMILES string of the molecule is O=C(O)c1ccc(CN2CCCCCC2=O)o1. The lowest BCUT2D eigenvalue weighted by molar-refractivity contribution is -0.131. The molecular formula is C12H15NO4. The molecule has 0 atom stereocenters. The Kier molecular flexibility index (Phi) is 3.46. The molecule has 0 bridgehead atoms. The minimum Gasteiger partial charge on any atom is -0.475 e. The van der Waals surface area contributed by atoms with Gasteiger partial charge in [0.2, 0.25) is 11.7 Å². The number of furan rings is 1. The smallest absolute Gasteiger partial charge is 0.371 e. The van der Waals surface area contributed by atoms with Crippen molar-refractivity contribution in [3.05, 3.63) is 23.7 Å². The van der Waals surface area contributed by atoms with Crippen LogP contribution in [0.2, 0.25) is 0 Å². The number of carbonyl (C=O) groups excluding carboxylic acids is 1. The first-order valence-electron chi connectivity index (χ1n) is 5.76. The summed E-state index contributed by atoms with van der Waals surface area (Å²) in [7, 11) is 0. The molecule has 1 aliphatic heterocycles. The minimum atomic E-state index is -1.08. The standard InChI is InChI=1S/C12H15NO4/c14-11-4-2-1-3-7-13(11)8-9-5-6-10(17-9)12(15)16/h5-6H,1-4,7-8H2,(H,15,16). The molecule has 0 aliphatic carbocycles. The van der Waals surface area contributed by atoms with Crippen molar-refractivity contribution in [2.45, 2.75) is 32.2 Å². The Morgan fingerprint density at radius 2 is 2.18 bits per heavy atom. The number of hydrogen-bond donors (Lipinski definition) is 1. The van der Waals surface area contributed by atoms with Gasteiger partial charge in [-0.05, 0) is 25.0 Å². The molecular weight excluding hydrogens is 222 g/mol. The van der Waals surface area contributed by atoms with E-state index >= 15 is 0 Å². The third-order valence-electron chi connectivity index (χ3n) is 2.89. The van der Waals surface area contributed by atoms with Gasteiger partial charge in [-0.3, -0.25) is 4.79 Å². The fourth-order valence-corrected chi connectivity index (χ4v) is 1.97. The Labute approximate surface area is 99.0 Å². The molecule has 92 valence electrons. The molecule has 0 unspecified atom stereocenters. The number of amides is 1. The molecule has 0 spiro atoms. The topological polar surface area (TPSA) is 70.8 Å². The molecule has 1 amide bonds. The second-order valence-electron chi connectivity index (χ2n) is 4.20. The highest BCUT2D eigenvalue weighted by Gasteiger charge is 2.18. The number of carboxylic acids is 1. The minimum absolute atomic E-state index is 0.0812. The van der Waals surface area contributed by atoms with Crippen LogP contribution in [0.5, 0.6) is 0 Å². The summed E-state index contributed by atoms with van der Waals surface area (Å²) in [6.45, 7) is 1.09. The van der Waals surface area contributed by atoms with E-state index in [2.05, 4.69) is 0 Å². The number of hydrogen-bond acceptors (Lipinski definition) is 3. The van der Waals surface area contributed by atoms with E-state index < -0.39 is 5.97 Å². The van der Waals surface area contributed by atoms with Crippen LogP contribution >= 0.6 is 0 Å². The van der Waals surface area contributed by atoms with E-state index in [9.17, 15) is 9.59 Å². The molecule has 1 aromatic heterocycles. The Morgan fingerprint density at radius 3 is 2.88 bits per heavy atom. The maximum atomic E-state index is 11.7. The fourth-order valence-electron chi connectivity index (χ4n) is 1.97. The zero-order chi connectivity index (χ0) is 12.3. The van der Waals surface area contributed by atoms with Crippen molar-refractivity contribution in [2.75, 3.05) is 6.54 Å². The van der Waals surface area contributed by atoms with Gasteiger partial charge in [0.1, 0.15) is 5.76 Å². The lowest BCUT2D eigenvalue weighted by Gasteiger charge is -2.18. The molecule has 1 aromatic rings. The molecule has 17 heavy (non-hydrogen) atoms. The fraction of sp³-hybridized carbons (Fsp3) is 0.500. The van der Waals surface area contributed by atoms with Crippen molar-refractivity contribution in [1.82, 2.24) is 4.90 Å². The van der Waals surface area contributed by atoms with E-state index in [1.807, 2.05) is 0 Å². The largest absolute Gasteiger partial charge is 0.475 e. The van der Waals surface area contributed by atoms with Crippen LogP contribution in [0.1, 0.15) is 42.0 Å². The second kappa shape index (κ2) is 5.03. The van der Waals surface area contributed by atoms with Gasteiger partial charge in [-0.1, -0.05) is 6.42 Å². The van der Waals surface area contributed by atoms with Gasteiger partial charge in [0.05, 0.1) is 6.54 Å². The van der Waals surface area contributed by atoms with Crippen LogP contribution in [0.3, 0.4) is 0 Å². The van der Waals surface area contributed by atoms with Crippen LogP contribution in [0, 0.1) is 0 Å². The van der Waals surface area contributed by atoms with E-state index in [1.165, 1.54) is 6.07 Å². The summed E-state index contributed by atoms with van der Waals surface area (Å²) in [5.41, 5.74) is 0. The maximum Gasteiger partial charge on any atom is 0.371 e. The Balaban J connectivity index is 2.03. The highest BCUT2D eigenvalue weighted by molar-refractivity contribution is 5.84. The first-order chi connectivity index (χ1) is 8.16. The zero-order valence-electron chi connectivity index (χ0n) is 9.52. The van der Waals surface area contributed by atoms with Gasteiger partial charge in [-0.25, -0.2) is 4.79 Å². The highest BCUT2D eigenvalue weighted by Crippen LogP contribution is 2.16. The summed E-state index contributed by atoms with van der Waals surface area (Å²) >= 11 is 0. The molecule has 1 saturated heterocycles. The summed E-state index contributed by atoms with van der Waals surface area (Å²) in [5.74, 6) is -0.519. The summed E-state index contributed by atoms with van der Waals surface area (Å²) in [5, 5.41) is 8.73. The summed E-state index contributed by atoms with van der Waals surface area (Å²) < 4.78 is 5.14. The zero-order valence-corrected chi connectivity index (χ0v) is 9.52. The van der Waals surface area contributed by atoms with E-state index in [0.717, 1.165) is 25.8 Å². The van der Waals surface area contributed by atoms with E-state index in [-0.39, 0.29) is 11.7 Å². The first kappa shape index (κ1) is 11.7. The molecule has 0 aromatic carbocycles. The van der Waals surface area contributed by atoms with E-state index in [4.69, 9.17) is 9.52 Å². The number of aromatic carboxylic acids is 1. The molecule has 1 aliphatic rings. The molecule has 0 saturated carbocycles. The average molecular weight is 237 g/mol. The molecule has 1 fully saturated rings. The van der Waals surface area contributed by atoms with Crippen LogP contribution < -0.4 is 0 Å². The molecule has 2 rings (SSSR count). The van der Waals surface area contributed by atoms with Crippen LogP contribution in [0.15, 0.2) is 16.5 Å².